The number of carboxylic acid groups (broad SMARTS) is 1. The maximum absolute atomic E-state index is 10.5. The molecule has 0 aromatic heterocycles. The molecule has 0 aliphatic heterocycles. The molecule has 0 aliphatic carbocycles. The van der Waals surface area contributed by atoms with Gasteiger partial charge in [0.15, 0.2) is 0 Å². The molecule has 16 heavy (non-hydrogen) atoms. The Kier molecular flexibility index (Phi) is 3.90. The van der Waals surface area contributed by atoms with Crippen molar-refractivity contribution in [3.05, 3.63) is 29.3 Å². The number of carboxylic acids is 1. The van der Waals surface area contributed by atoms with Crippen LogP contribution in [0.4, 0.5) is 0 Å². The predicted molar refractivity (Wildman–Crippen MR) is 58.2 cm³/mol. The predicted octanol–water partition coefficient (Wildman–Crippen LogP) is 2.11. The second kappa shape index (κ2) is 5.17. The highest BCUT2D eigenvalue weighted by atomic mass is 16.5. The lowest BCUT2D eigenvalue weighted by Crippen LogP contribution is -2.17. The lowest BCUT2D eigenvalue weighted by molar-refractivity contribution is -0.138. The Morgan fingerprint density at radius 1 is 1.62 bits per heavy atom. The van der Waals surface area contributed by atoms with Crippen molar-refractivity contribution >= 4 is 5.97 Å². The van der Waals surface area contributed by atoms with Gasteiger partial charge in [-0.3, -0.25) is 4.79 Å². The minimum Gasteiger partial charge on any atom is -0.490 e. The molecular formula is C12H13NO3. The van der Waals surface area contributed by atoms with Crippen LogP contribution in [0.2, 0.25) is 0 Å². The van der Waals surface area contributed by atoms with Crippen LogP contribution < -0.4 is 4.74 Å². The molecule has 0 bridgehead atoms. The van der Waals surface area contributed by atoms with E-state index in [4.69, 9.17) is 15.1 Å². The van der Waals surface area contributed by atoms with Crippen LogP contribution in [0, 0.1) is 18.3 Å². The van der Waals surface area contributed by atoms with Crippen molar-refractivity contribution in [2.24, 2.45) is 0 Å². The lowest BCUT2D eigenvalue weighted by atomic mass is 10.1. The number of ether oxygens (including phenoxy) is 1. The average molecular weight is 219 g/mol. The third-order valence-electron chi connectivity index (χ3n) is 2.11. The Hall–Kier alpha value is -2.02. The first-order valence-electron chi connectivity index (χ1n) is 4.92. The van der Waals surface area contributed by atoms with E-state index in [0.29, 0.717) is 11.3 Å². The molecule has 0 saturated heterocycles. The molecule has 1 N–H and O–H groups in total. The van der Waals surface area contributed by atoms with E-state index in [2.05, 4.69) is 0 Å². The van der Waals surface area contributed by atoms with Crippen molar-refractivity contribution in [2.75, 3.05) is 0 Å². The van der Waals surface area contributed by atoms with Crippen molar-refractivity contribution in [1.82, 2.24) is 0 Å². The van der Waals surface area contributed by atoms with Crippen molar-refractivity contribution < 1.29 is 14.6 Å². The summed E-state index contributed by atoms with van der Waals surface area (Å²) in [6.07, 6.45) is -0.471. The summed E-state index contributed by atoms with van der Waals surface area (Å²) in [4.78, 5) is 10.5. The van der Waals surface area contributed by atoms with Gasteiger partial charge in [0.1, 0.15) is 11.9 Å². The zero-order valence-corrected chi connectivity index (χ0v) is 9.23. The molecule has 1 rings (SSSR count). The molecule has 0 fully saturated rings. The zero-order valence-electron chi connectivity index (χ0n) is 9.23. The third-order valence-corrected chi connectivity index (χ3v) is 2.11. The first-order valence-corrected chi connectivity index (χ1v) is 4.92. The Morgan fingerprint density at radius 3 is 2.88 bits per heavy atom. The van der Waals surface area contributed by atoms with E-state index in [-0.39, 0.29) is 6.42 Å². The SMILES string of the molecule is Cc1ccc(C#N)cc1O[C@H](C)CC(=O)O. The maximum atomic E-state index is 10.5. The monoisotopic (exact) mass is 219 g/mol. The molecule has 4 heteroatoms. The fourth-order valence-corrected chi connectivity index (χ4v) is 1.30. The van der Waals surface area contributed by atoms with Gasteiger partial charge in [0.25, 0.3) is 0 Å². The number of rotatable bonds is 4. The normalized spacial score (nSPS) is 11.6. The number of hydrogen-bond donors (Lipinski definition) is 1. The molecule has 1 atom stereocenters. The van der Waals surface area contributed by atoms with E-state index in [1.165, 1.54) is 0 Å². The molecule has 0 amide bonds. The Morgan fingerprint density at radius 2 is 2.31 bits per heavy atom. The van der Waals surface area contributed by atoms with Crippen molar-refractivity contribution in [3.63, 3.8) is 0 Å². The molecule has 1 aromatic rings. The first-order chi connectivity index (χ1) is 7.52. The Balaban J connectivity index is 2.80. The van der Waals surface area contributed by atoms with E-state index in [0.717, 1.165) is 5.56 Å². The number of aryl methyl sites for hydroxylation is 1. The summed E-state index contributed by atoms with van der Waals surface area (Å²) >= 11 is 0. The number of carbonyl (C=O) groups is 1. The topological polar surface area (TPSA) is 70.3 Å². The molecule has 84 valence electrons. The maximum Gasteiger partial charge on any atom is 0.307 e. The number of aliphatic carboxylic acids is 1. The molecule has 0 aliphatic rings. The summed E-state index contributed by atoms with van der Waals surface area (Å²) in [6, 6.07) is 7.11. The second-order valence-electron chi connectivity index (χ2n) is 3.62. The van der Waals surface area contributed by atoms with Gasteiger partial charge in [0, 0.05) is 0 Å². The van der Waals surface area contributed by atoms with Crippen LogP contribution in [0.3, 0.4) is 0 Å². The summed E-state index contributed by atoms with van der Waals surface area (Å²) in [5, 5.41) is 17.3. The molecule has 4 nitrogen and oxygen atoms in total. The van der Waals surface area contributed by atoms with E-state index >= 15 is 0 Å². The number of benzene rings is 1. The van der Waals surface area contributed by atoms with Crippen LogP contribution in [0.25, 0.3) is 0 Å². The average Bonchev–Trinajstić information content (AvgIpc) is 2.20. The van der Waals surface area contributed by atoms with Crippen LogP contribution in [0.15, 0.2) is 18.2 Å². The van der Waals surface area contributed by atoms with Gasteiger partial charge < -0.3 is 9.84 Å². The highest BCUT2D eigenvalue weighted by Gasteiger charge is 2.10. The minimum atomic E-state index is -0.901. The largest absolute Gasteiger partial charge is 0.490 e. The highest BCUT2D eigenvalue weighted by molar-refractivity contribution is 5.67. The first kappa shape index (κ1) is 12.1. The van der Waals surface area contributed by atoms with E-state index in [1.807, 2.05) is 13.0 Å². The lowest BCUT2D eigenvalue weighted by Gasteiger charge is -2.14. The van der Waals surface area contributed by atoms with Crippen molar-refractivity contribution in [1.29, 1.82) is 5.26 Å². The standard InChI is InChI=1S/C12H13NO3/c1-8-3-4-10(7-13)6-11(8)16-9(2)5-12(14)15/h3-4,6,9H,5H2,1-2H3,(H,14,15)/t9-/m1/s1. The summed E-state index contributed by atoms with van der Waals surface area (Å²) in [5.74, 6) is -0.339. The summed E-state index contributed by atoms with van der Waals surface area (Å²) in [5.41, 5.74) is 1.39. The number of hydrogen-bond acceptors (Lipinski definition) is 3. The van der Waals surface area contributed by atoms with Gasteiger partial charge in [-0.05, 0) is 31.5 Å². The van der Waals surface area contributed by atoms with Crippen LogP contribution in [-0.4, -0.2) is 17.2 Å². The van der Waals surface area contributed by atoms with Crippen molar-refractivity contribution in [3.8, 4) is 11.8 Å². The Bertz CT molecular complexity index is 434. The molecular weight excluding hydrogens is 206 g/mol. The second-order valence-corrected chi connectivity index (χ2v) is 3.62. The molecule has 0 spiro atoms. The molecule has 1 aromatic carbocycles. The van der Waals surface area contributed by atoms with Gasteiger partial charge >= 0.3 is 5.97 Å². The molecule has 0 heterocycles. The van der Waals surface area contributed by atoms with Crippen LogP contribution in [-0.2, 0) is 4.79 Å². The van der Waals surface area contributed by atoms with E-state index in [1.54, 1.807) is 25.1 Å². The van der Waals surface area contributed by atoms with Gasteiger partial charge in [0.2, 0.25) is 0 Å². The third kappa shape index (κ3) is 3.28. The van der Waals surface area contributed by atoms with Gasteiger partial charge in [0.05, 0.1) is 18.1 Å². The molecule has 0 saturated carbocycles. The zero-order chi connectivity index (χ0) is 12.1. The van der Waals surface area contributed by atoms with Crippen molar-refractivity contribution in [2.45, 2.75) is 26.4 Å². The fraction of sp³-hybridized carbons (Fsp3) is 0.333. The number of nitriles is 1. The van der Waals surface area contributed by atoms with Gasteiger partial charge in [-0.2, -0.15) is 5.26 Å². The quantitative estimate of drug-likeness (QED) is 0.841. The Labute approximate surface area is 94.1 Å². The minimum absolute atomic E-state index is 0.0593. The smallest absolute Gasteiger partial charge is 0.307 e. The summed E-state index contributed by atoms with van der Waals surface area (Å²) < 4.78 is 5.47. The van der Waals surface area contributed by atoms with Gasteiger partial charge in [-0.1, -0.05) is 6.07 Å². The highest BCUT2D eigenvalue weighted by Crippen LogP contribution is 2.21. The fourth-order valence-electron chi connectivity index (χ4n) is 1.30. The number of nitrogens with zero attached hydrogens (tertiary/aromatic N) is 1. The van der Waals surface area contributed by atoms with E-state index in [9.17, 15) is 4.79 Å². The van der Waals surface area contributed by atoms with Gasteiger partial charge in [-0.15, -0.1) is 0 Å². The summed E-state index contributed by atoms with van der Waals surface area (Å²) in [6.45, 7) is 3.54. The molecule has 0 radical (unpaired) electrons. The van der Waals surface area contributed by atoms with E-state index < -0.39 is 12.1 Å². The molecule has 0 unspecified atom stereocenters. The van der Waals surface area contributed by atoms with Crippen LogP contribution in [0.5, 0.6) is 5.75 Å². The van der Waals surface area contributed by atoms with Crippen LogP contribution >= 0.6 is 0 Å². The summed E-state index contributed by atoms with van der Waals surface area (Å²) in [7, 11) is 0. The van der Waals surface area contributed by atoms with Gasteiger partial charge in [-0.25, -0.2) is 0 Å². The van der Waals surface area contributed by atoms with Crippen LogP contribution in [0.1, 0.15) is 24.5 Å².